The molecule has 2 aromatic rings. The highest BCUT2D eigenvalue weighted by atomic mass is 19.3. The number of rotatable bonds is 8. The first-order valence-corrected chi connectivity index (χ1v) is 8.54. The van der Waals surface area contributed by atoms with Gasteiger partial charge in [0.25, 0.3) is 5.91 Å². The number of nitrogens with one attached hydrogen (secondary N) is 2. The van der Waals surface area contributed by atoms with E-state index in [1.165, 1.54) is 12.1 Å². The summed E-state index contributed by atoms with van der Waals surface area (Å²) in [4.78, 5) is 24.8. The molecule has 0 spiro atoms. The minimum absolute atomic E-state index is 0.0227. The predicted octanol–water partition coefficient (Wildman–Crippen LogP) is 3.36. The van der Waals surface area contributed by atoms with Gasteiger partial charge in [-0.3, -0.25) is 9.59 Å². The molecule has 0 fully saturated rings. The molecule has 2 N–H and O–H groups in total. The molecule has 0 radical (unpaired) electrons. The Morgan fingerprint density at radius 1 is 1.04 bits per heavy atom. The third-order valence-corrected chi connectivity index (χ3v) is 3.86. The number of amides is 2. The maximum Gasteiger partial charge on any atom is 0.387 e. The summed E-state index contributed by atoms with van der Waals surface area (Å²) in [6.07, 6.45) is 0. The van der Waals surface area contributed by atoms with Gasteiger partial charge in [-0.25, -0.2) is 0 Å². The highest BCUT2D eigenvalue weighted by Gasteiger charge is 2.24. The third-order valence-electron chi connectivity index (χ3n) is 3.86. The molecule has 0 heterocycles. The van der Waals surface area contributed by atoms with Crippen LogP contribution in [0.3, 0.4) is 0 Å². The lowest BCUT2D eigenvalue weighted by Crippen LogP contribution is -2.49. The zero-order valence-electron chi connectivity index (χ0n) is 15.1. The maximum atomic E-state index is 12.5. The highest BCUT2D eigenvalue weighted by molar-refractivity contribution is 5.97. The summed E-state index contributed by atoms with van der Waals surface area (Å²) < 4.78 is 28.9. The summed E-state index contributed by atoms with van der Waals surface area (Å²) in [5.41, 5.74) is 1.08. The topological polar surface area (TPSA) is 67.4 Å². The summed E-state index contributed by atoms with van der Waals surface area (Å²) >= 11 is 0. The lowest BCUT2D eigenvalue weighted by atomic mass is 10.0. The number of alkyl halides is 2. The Balaban J connectivity index is 1.98. The molecule has 144 valence electrons. The lowest BCUT2D eigenvalue weighted by Gasteiger charge is -2.22. The fraction of sp³-hybridized carbons (Fsp3) is 0.300. The first-order valence-electron chi connectivity index (χ1n) is 8.54. The van der Waals surface area contributed by atoms with E-state index in [0.717, 1.165) is 0 Å². The molecule has 0 aromatic heterocycles. The minimum atomic E-state index is -2.91. The van der Waals surface area contributed by atoms with Crippen LogP contribution in [-0.4, -0.2) is 24.5 Å². The van der Waals surface area contributed by atoms with Gasteiger partial charge in [-0.05, 0) is 35.7 Å². The van der Waals surface area contributed by atoms with Crippen molar-refractivity contribution < 1.29 is 23.1 Å². The molecule has 27 heavy (non-hydrogen) atoms. The number of carbonyl (C=O) groups is 2. The average Bonchev–Trinajstić information content (AvgIpc) is 2.64. The van der Waals surface area contributed by atoms with E-state index < -0.39 is 12.7 Å². The van der Waals surface area contributed by atoms with E-state index in [-0.39, 0.29) is 30.0 Å². The van der Waals surface area contributed by atoms with Crippen LogP contribution in [0.15, 0.2) is 54.6 Å². The fourth-order valence-electron chi connectivity index (χ4n) is 2.48. The van der Waals surface area contributed by atoms with Crippen LogP contribution in [0.4, 0.5) is 8.78 Å². The summed E-state index contributed by atoms with van der Waals surface area (Å²) in [7, 11) is 0. The number of ether oxygens (including phenoxy) is 1. The van der Waals surface area contributed by atoms with Gasteiger partial charge in [-0.2, -0.15) is 8.78 Å². The number of benzene rings is 2. The Bertz CT molecular complexity index is 767. The molecular weight excluding hydrogens is 354 g/mol. The van der Waals surface area contributed by atoms with Gasteiger partial charge in [0, 0.05) is 12.1 Å². The number of hydrogen-bond donors (Lipinski definition) is 2. The Kier molecular flexibility index (Phi) is 7.28. The summed E-state index contributed by atoms with van der Waals surface area (Å²) in [5.74, 6) is -0.799. The summed E-state index contributed by atoms with van der Waals surface area (Å²) in [5, 5.41) is 5.45. The van der Waals surface area contributed by atoms with Gasteiger partial charge in [-0.15, -0.1) is 0 Å². The number of hydrogen-bond acceptors (Lipinski definition) is 3. The molecule has 0 aliphatic rings. The van der Waals surface area contributed by atoms with E-state index in [2.05, 4.69) is 15.4 Å². The van der Waals surface area contributed by atoms with Crippen molar-refractivity contribution in [2.75, 3.05) is 0 Å². The normalized spacial score (nSPS) is 11.9. The lowest BCUT2D eigenvalue weighted by molar-refractivity contribution is -0.124. The Morgan fingerprint density at radius 3 is 2.37 bits per heavy atom. The molecule has 0 aliphatic heterocycles. The van der Waals surface area contributed by atoms with Gasteiger partial charge in [0.05, 0.1) is 0 Å². The van der Waals surface area contributed by atoms with Crippen LogP contribution in [0.25, 0.3) is 0 Å². The second-order valence-electron chi connectivity index (χ2n) is 6.30. The van der Waals surface area contributed by atoms with Gasteiger partial charge in [0.2, 0.25) is 5.91 Å². The molecular formula is C20H22F2N2O3. The summed E-state index contributed by atoms with van der Waals surface area (Å²) in [6, 6.07) is 14.0. The van der Waals surface area contributed by atoms with E-state index in [0.29, 0.717) is 11.1 Å². The van der Waals surface area contributed by atoms with Crippen LogP contribution in [0.1, 0.15) is 29.8 Å². The van der Waals surface area contributed by atoms with Crippen molar-refractivity contribution in [1.82, 2.24) is 10.6 Å². The van der Waals surface area contributed by atoms with Crippen molar-refractivity contribution in [3.8, 4) is 5.75 Å². The first-order chi connectivity index (χ1) is 12.9. The molecule has 0 bridgehead atoms. The van der Waals surface area contributed by atoms with E-state index in [1.807, 2.05) is 13.8 Å². The van der Waals surface area contributed by atoms with Crippen molar-refractivity contribution in [2.45, 2.75) is 33.0 Å². The minimum Gasteiger partial charge on any atom is -0.435 e. The zero-order valence-corrected chi connectivity index (χ0v) is 15.1. The first kappa shape index (κ1) is 20.4. The monoisotopic (exact) mass is 376 g/mol. The predicted molar refractivity (Wildman–Crippen MR) is 97.5 cm³/mol. The Morgan fingerprint density at radius 2 is 1.74 bits per heavy atom. The van der Waals surface area contributed by atoms with Gasteiger partial charge < -0.3 is 15.4 Å². The van der Waals surface area contributed by atoms with Crippen molar-refractivity contribution in [2.24, 2.45) is 5.92 Å². The van der Waals surface area contributed by atoms with Gasteiger partial charge in [-0.1, -0.05) is 44.2 Å². The largest absolute Gasteiger partial charge is 0.435 e. The molecule has 2 amide bonds. The Hall–Kier alpha value is -2.96. The second kappa shape index (κ2) is 9.66. The highest BCUT2D eigenvalue weighted by Crippen LogP contribution is 2.16. The molecule has 0 saturated carbocycles. The number of halogens is 2. The van der Waals surface area contributed by atoms with E-state index in [9.17, 15) is 18.4 Å². The average molecular weight is 376 g/mol. The number of carbonyl (C=O) groups excluding carboxylic acids is 2. The molecule has 2 rings (SSSR count). The SMILES string of the molecule is CC(C)C(NC(=O)c1ccccc1)C(=O)NCc1cccc(OC(F)F)c1. The molecule has 5 nitrogen and oxygen atoms in total. The fourth-order valence-corrected chi connectivity index (χ4v) is 2.48. The molecule has 1 atom stereocenters. The van der Waals surface area contributed by atoms with Crippen LogP contribution in [0.2, 0.25) is 0 Å². The van der Waals surface area contributed by atoms with Crippen LogP contribution < -0.4 is 15.4 Å². The van der Waals surface area contributed by atoms with E-state index in [4.69, 9.17) is 0 Å². The van der Waals surface area contributed by atoms with Crippen LogP contribution >= 0.6 is 0 Å². The van der Waals surface area contributed by atoms with Gasteiger partial charge in [0.15, 0.2) is 0 Å². The van der Waals surface area contributed by atoms with Crippen LogP contribution in [0.5, 0.6) is 5.75 Å². The molecule has 0 saturated heterocycles. The third kappa shape index (κ3) is 6.36. The van der Waals surface area contributed by atoms with Crippen molar-refractivity contribution in [3.05, 3.63) is 65.7 Å². The van der Waals surface area contributed by atoms with Crippen molar-refractivity contribution >= 4 is 11.8 Å². The summed E-state index contributed by atoms with van der Waals surface area (Å²) in [6.45, 7) is 0.872. The smallest absolute Gasteiger partial charge is 0.387 e. The molecule has 0 aliphatic carbocycles. The van der Waals surface area contributed by atoms with Crippen LogP contribution in [0, 0.1) is 5.92 Å². The zero-order chi connectivity index (χ0) is 19.8. The van der Waals surface area contributed by atoms with Gasteiger partial charge >= 0.3 is 6.61 Å². The molecule has 2 aromatic carbocycles. The molecule has 7 heteroatoms. The van der Waals surface area contributed by atoms with E-state index in [1.54, 1.807) is 42.5 Å². The van der Waals surface area contributed by atoms with Gasteiger partial charge in [0.1, 0.15) is 11.8 Å². The van der Waals surface area contributed by atoms with Crippen LogP contribution in [-0.2, 0) is 11.3 Å². The maximum absolute atomic E-state index is 12.5. The molecule has 1 unspecified atom stereocenters. The quantitative estimate of drug-likeness (QED) is 0.742. The standard InChI is InChI=1S/C20H22F2N2O3/c1-13(2)17(24-18(25)15-8-4-3-5-9-15)19(26)23-12-14-7-6-10-16(11-14)27-20(21)22/h3-11,13,17,20H,12H2,1-2H3,(H,23,26)(H,24,25). The van der Waals surface area contributed by atoms with Crippen molar-refractivity contribution in [3.63, 3.8) is 0 Å². The van der Waals surface area contributed by atoms with Crippen molar-refractivity contribution in [1.29, 1.82) is 0 Å². The van der Waals surface area contributed by atoms with E-state index >= 15 is 0 Å². The second-order valence-corrected chi connectivity index (χ2v) is 6.30. The Labute approximate surface area is 156 Å².